The van der Waals surface area contributed by atoms with Crippen LogP contribution in [0.1, 0.15) is 25.0 Å². The fourth-order valence-electron chi connectivity index (χ4n) is 1.59. The monoisotopic (exact) mass is 442 g/mol. The molecule has 0 bridgehead atoms. The summed E-state index contributed by atoms with van der Waals surface area (Å²) in [6.07, 6.45) is 0. The minimum atomic E-state index is 0.424. The zero-order chi connectivity index (χ0) is 12.3. The van der Waals surface area contributed by atoms with Gasteiger partial charge in [-0.25, -0.2) is 3.21 Å². The van der Waals surface area contributed by atoms with Gasteiger partial charge in [0.15, 0.2) is 0 Å². The summed E-state index contributed by atoms with van der Waals surface area (Å²) in [6.45, 7) is 8.60. The number of hydrogen-bond donors (Lipinski definition) is 0. The summed E-state index contributed by atoms with van der Waals surface area (Å²) in [5.74, 6) is 1.52. The molecular weight excluding hydrogens is 426 g/mol. The van der Waals surface area contributed by atoms with Gasteiger partial charge in [0.25, 0.3) is 0 Å². The molecule has 0 aromatic heterocycles. The van der Waals surface area contributed by atoms with Crippen LogP contribution < -0.4 is 3.11 Å². The Morgan fingerprint density at radius 3 is 2.12 bits per heavy atom. The average Bonchev–Trinajstić information content (AvgIpc) is 2.17. The number of halogens is 2. The van der Waals surface area contributed by atoms with Crippen molar-refractivity contribution in [3.63, 3.8) is 0 Å². The Kier molecular flexibility index (Phi) is 5.49. The third kappa shape index (κ3) is 3.09. The molecule has 0 saturated heterocycles. The predicted molar refractivity (Wildman–Crippen MR) is 88.7 cm³/mol. The van der Waals surface area contributed by atoms with Gasteiger partial charge >= 0.3 is 0 Å². The molecule has 0 aliphatic heterocycles. The molecule has 0 unspecified atom stereocenters. The minimum absolute atomic E-state index is 0.424. The maximum atomic E-state index is 4.35. The summed E-state index contributed by atoms with van der Waals surface area (Å²) < 4.78 is 6.52. The van der Waals surface area contributed by atoms with Crippen LogP contribution in [0.4, 0.5) is 5.69 Å². The van der Waals surface area contributed by atoms with Crippen LogP contribution in [-0.2, 0) is 0 Å². The Hall–Kier alpha value is 0.150. The normalized spacial score (nSPS) is 12.1. The van der Waals surface area contributed by atoms with Gasteiger partial charge in [-0.1, -0.05) is 32.0 Å². The van der Waals surface area contributed by atoms with Gasteiger partial charge in [0, 0.05) is 5.92 Å². The molecule has 0 saturated carbocycles. The topological polar surface area (TPSA) is 15.6 Å². The summed E-state index contributed by atoms with van der Waals surface area (Å²) in [5.41, 5.74) is 3.83. The molecule has 0 fully saturated rings. The third-order valence-corrected chi connectivity index (χ3v) is 3.91. The van der Waals surface area contributed by atoms with Crippen molar-refractivity contribution < 1.29 is 0 Å². The first kappa shape index (κ1) is 14.2. The molecule has 0 amide bonds. The molecule has 0 radical (unpaired) electrons. The summed E-state index contributed by atoms with van der Waals surface area (Å²) >= 11 is 4.41. The highest BCUT2D eigenvalue weighted by Gasteiger charge is 2.17. The van der Waals surface area contributed by atoms with Crippen LogP contribution >= 0.6 is 45.7 Å². The van der Waals surface area contributed by atoms with E-state index in [9.17, 15) is 0 Å². The molecule has 0 N–H and O–H groups in total. The van der Waals surface area contributed by atoms with Gasteiger partial charge < -0.3 is 0 Å². The molecule has 1 rings (SSSR count). The Morgan fingerprint density at radius 1 is 1.25 bits per heavy atom. The molecular formula is C12H16I2N2. The van der Waals surface area contributed by atoms with Crippen molar-refractivity contribution in [1.29, 1.82) is 0 Å². The number of para-hydroxylation sites is 1. The van der Waals surface area contributed by atoms with Crippen LogP contribution in [0.3, 0.4) is 0 Å². The van der Waals surface area contributed by atoms with Gasteiger partial charge in [0.2, 0.25) is 0 Å². The van der Waals surface area contributed by atoms with E-state index in [1.807, 2.05) is 0 Å². The SMILES string of the molecule is Cc1cccc(C)c1N(I)C(=NI)C(C)C. The first-order valence-electron chi connectivity index (χ1n) is 5.20. The quantitative estimate of drug-likeness (QED) is 0.277. The van der Waals surface area contributed by atoms with Gasteiger partial charge in [-0.2, -0.15) is 0 Å². The van der Waals surface area contributed by atoms with E-state index in [-0.39, 0.29) is 0 Å². The van der Waals surface area contributed by atoms with Gasteiger partial charge in [0.1, 0.15) is 5.84 Å². The van der Waals surface area contributed by atoms with Crippen LogP contribution in [0.2, 0.25) is 0 Å². The number of benzene rings is 1. The molecule has 2 nitrogen and oxygen atoms in total. The first-order valence-corrected chi connectivity index (χ1v) is 7.13. The number of nitrogens with zero attached hydrogens (tertiary/aromatic N) is 2. The molecule has 0 atom stereocenters. The van der Waals surface area contributed by atoms with Crippen LogP contribution in [0.5, 0.6) is 0 Å². The fourth-order valence-corrected chi connectivity index (χ4v) is 4.20. The highest BCUT2D eigenvalue weighted by molar-refractivity contribution is 14.1. The summed E-state index contributed by atoms with van der Waals surface area (Å²) in [4.78, 5) is 0. The largest absolute Gasteiger partial charge is 0.269 e. The molecule has 88 valence electrons. The fraction of sp³-hybridized carbons (Fsp3) is 0.417. The van der Waals surface area contributed by atoms with E-state index >= 15 is 0 Å². The molecule has 1 aromatic carbocycles. The number of aryl methyl sites for hydroxylation is 2. The summed E-state index contributed by atoms with van der Waals surface area (Å²) in [7, 11) is 0. The number of anilines is 1. The van der Waals surface area contributed by atoms with E-state index in [4.69, 9.17) is 0 Å². The lowest BCUT2D eigenvalue weighted by atomic mass is 10.1. The van der Waals surface area contributed by atoms with Crippen LogP contribution in [-0.4, -0.2) is 5.84 Å². The zero-order valence-electron chi connectivity index (χ0n) is 9.96. The van der Waals surface area contributed by atoms with Crippen molar-refractivity contribution in [1.82, 2.24) is 0 Å². The highest BCUT2D eigenvalue weighted by Crippen LogP contribution is 2.29. The van der Waals surface area contributed by atoms with Gasteiger partial charge in [0.05, 0.1) is 51.4 Å². The number of rotatable bonds is 2. The van der Waals surface area contributed by atoms with Crippen molar-refractivity contribution in [3.05, 3.63) is 29.3 Å². The maximum Gasteiger partial charge on any atom is 0.127 e. The van der Waals surface area contributed by atoms with Gasteiger partial charge in [-0.05, 0) is 25.0 Å². The minimum Gasteiger partial charge on any atom is -0.269 e. The molecule has 1 aromatic rings. The van der Waals surface area contributed by atoms with E-state index in [0.29, 0.717) is 5.92 Å². The van der Waals surface area contributed by atoms with Crippen LogP contribution in [0.25, 0.3) is 0 Å². The number of hydrogen-bond acceptors (Lipinski definition) is 1. The second-order valence-corrected chi connectivity index (χ2v) is 5.57. The Labute approximate surface area is 126 Å². The highest BCUT2D eigenvalue weighted by atomic mass is 127. The zero-order valence-corrected chi connectivity index (χ0v) is 14.3. The van der Waals surface area contributed by atoms with Crippen molar-refractivity contribution >= 4 is 57.3 Å². The van der Waals surface area contributed by atoms with E-state index < -0.39 is 0 Å². The van der Waals surface area contributed by atoms with Crippen molar-refractivity contribution in [2.45, 2.75) is 27.7 Å². The smallest absolute Gasteiger partial charge is 0.127 e. The summed E-state index contributed by atoms with van der Waals surface area (Å²) in [5, 5.41) is 0. The Balaban J connectivity index is 3.19. The van der Waals surface area contributed by atoms with Gasteiger partial charge in [-0.3, -0.25) is 3.11 Å². The summed E-state index contributed by atoms with van der Waals surface area (Å²) in [6, 6.07) is 6.37. The van der Waals surface area contributed by atoms with E-state index in [1.54, 1.807) is 0 Å². The molecule has 4 heteroatoms. The molecule has 0 aliphatic carbocycles. The Morgan fingerprint density at radius 2 is 1.75 bits per heavy atom. The van der Waals surface area contributed by atoms with Crippen molar-refractivity contribution in [3.8, 4) is 0 Å². The second kappa shape index (κ2) is 6.18. The van der Waals surface area contributed by atoms with E-state index in [1.165, 1.54) is 16.8 Å². The second-order valence-electron chi connectivity index (χ2n) is 4.12. The average molecular weight is 442 g/mol. The Bertz CT molecular complexity index is 380. The maximum absolute atomic E-state index is 4.35. The third-order valence-electron chi connectivity index (χ3n) is 2.44. The standard InChI is InChI=1S/C12H16I2N2/c1-8(2)12(15-13)16(14)11-9(3)6-5-7-10(11)4/h5-8H,1-4H3. The van der Waals surface area contributed by atoms with Crippen LogP contribution in [0, 0.1) is 19.8 Å². The lowest BCUT2D eigenvalue weighted by Crippen LogP contribution is -2.25. The molecule has 0 aliphatic rings. The lowest BCUT2D eigenvalue weighted by Gasteiger charge is -2.24. The predicted octanol–water partition coefficient (Wildman–Crippen LogP) is 4.86. The number of amidine groups is 1. The first-order chi connectivity index (χ1) is 7.49. The van der Waals surface area contributed by atoms with Gasteiger partial charge in [-0.15, -0.1) is 0 Å². The van der Waals surface area contributed by atoms with Crippen molar-refractivity contribution in [2.24, 2.45) is 9.12 Å². The van der Waals surface area contributed by atoms with Crippen LogP contribution in [0.15, 0.2) is 21.4 Å². The molecule has 0 heterocycles. The molecule has 16 heavy (non-hydrogen) atoms. The lowest BCUT2D eigenvalue weighted by molar-refractivity contribution is 0.880. The van der Waals surface area contributed by atoms with Crippen molar-refractivity contribution in [2.75, 3.05) is 3.11 Å². The van der Waals surface area contributed by atoms with E-state index in [0.717, 1.165) is 5.84 Å². The molecule has 0 spiro atoms. The van der Waals surface area contributed by atoms with E-state index in [2.05, 4.69) is 97.9 Å².